The highest BCUT2D eigenvalue weighted by atomic mass is 79.9. The number of alkyl halides is 1. The highest BCUT2D eigenvalue weighted by molar-refractivity contribution is 9.10. The van der Waals surface area contributed by atoms with Gasteiger partial charge in [0, 0.05) is 22.4 Å². The van der Waals surface area contributed by atoms with Crippen LogP contribution in [0.3, 0.4) is 0 Å². The van der Waals surface area contributed by atoms with Gasteiger partial charge in [-0.25, -0.2) is 0 Å². The molecule has 0 amide bonds. The standard InChI is InChI=1S/C12H15Br2N/c13-8-11-5-3-7-15(11)9-10-4-1-2-6-12(10)14/h1-2,4,6,11H,3,5,7-9H2. The van der Waals surface area contributed by atoms with Crippen molar-refractivity contribution >= 4 is 31.9 Å². The molecule has 2 rings (SSSR count). The third-order valence-electron chi connectivity index (χ3n) is 3.01. The molecular formula is C12H15Br2N. The van der Waals surface area contributed by atoms with E-state index in [0.717, 1.165) is 17.9 Å². The van der Waals surface area contributed by atoms with Crippen molar-refractivity contribution in [3.63, 3.8) is 0 Å². The molecule has 0 aliphatic carbocycles. The number of nitrogens with zero attached hydrogens (tertiary/aromatic N) is 1. The minimum absolute atomic E-state index is 0.720. The summed E-state index contributed by atoms with van der Waals surface area (Å²) in [6.45, 7) is 2.30. The number of benzene rings is 1. The Balaban J connectivity index is 2.05. The molecule has 0 bridgehead atoms. The van der Waals surface area contributed by atoms with E-state index in [4.69, 9.17) is 0 Å². The van der Waals surface area contributed by atoms with Crippen molar-refractivity contribution in [3.8, 4) is 0 Å². The third kappa shape index (κ3) is 2.83. The van der Waals surface area contributed by atoms with E-state index in [1.165, 1.54) is 29.4 Å². The molecule has 0 N–H and O–H groups in total. The van der Waals surface area contributed by atoms with Gasteiger partial charge < -0.3 is 0 Å². The molecular weight excluding hydrogens is 318 g/mol. The van der Waals surface area contributed by atoms with Crippen LogP contribution < -0.4 is 0 Å². The summed E-state index contributed by atoms with van der Waals surface area (Å²) in [4.78, 5) is 2.56. The Bertz CT molecular complexity index is 327. The maximum absolute atomic E-state index is 3.61. The first-order valence-corrected chi connectivity index (χ1v) is 7.26. The maximum Gasteiger partial charge on any atom is 0.0248 e. The lowest BCUT2D eigenvalue weighted by Gasteiger charge is -2.23. The molecule has 1 unspecified atom stereocenters. The normalized spacial score (nSPS) is 22.1. The summed E-state index contributed by atoms with van der Waals surface area (Å²) < 4.78 is 1.23. The molecule has 0 spiro atoms. The molecule has 82 valence electrons. The molecule has 1 aliphatic rings. The van der Waals surface area contributed by atoms with Crippen molar-refractivity contribution in [2.75, 3.05) is 11.9 Å². The Labute approximate surface area is 108 Å². The van der Waals surface area contributed by atoms with Crippen LogP contribution in [0.15, 0.2) is 28.7 Å². The van der Waals surface area contributed by atoms with Crippen molar-refractivity contribution in [1.82, 2.24) is 4.90 Å². The summed E-state index contributed by atoms with van der Waals surface area (Å²) >= 11 is 7.20. The second kappa shape index (κ2) is 5.46. The first-order valence-electron chi connectivity index (χ1n) is 5.34. The van der Waals surface area contributed by atoms with Gasteiger partial charge >= 0.3 is 0 Å². The van der Waals surface area contributed by atoms with Gasteiger partial charge in [-0.3, -0.25) is 4.90 Å². The van der Waals surface area contributed by atoms with E-state index in [-0.39, 0.29) is 0 Å². The van der Waals surface area contributed by atoms with Crippen LogP contribution in [0.2, 0.25) is 0 Å². The fourth-order valence-corrected chi connectivity index (χ4v) is 3.27. The number of likely N-dealkylation sites (tertiary alicyclic amines) is 1. The zero-order valence-electron chi connectivity index (χ0n) is 8.63. The van der Waals surface area contributed by atoms with Crippen molar-refractivity contribution in [2.45, 2.75) is 25.4 Å². The molecule has 1 fully saturated rings. The lowest BCUT2D eigenvalue weighted by atomic mass is 10.2. The Hall–Kier alpha value is 0.140. The molecule has 3 heteroatoms. The van der Waals surface area contributed by atoms with Gasteiger partial charge in [0.15, 0.2) is 0 Å². The number of hydrogen-bond donors (Lipinski definition) is 0. The Morgan fingerprint density at radius 1 is 1.33 bits per heavy atom. The highest BCUT2D eigenvalue weighted by Gasteiger charge is 2.23. The van der Waals surface area contributed by atoms with Crippen molar-refractivity contribution < 1.29 is 0 Å². The molecule has 1 aliphatic heterocycles. The average Bonchev–Trinajstić information content (AvgIpc) is 2.69. The van der Waals surface area contributed by atoms with Gasteiger partial charge in [-0.2, -0.15) is 0 Å². The van der Waals surface area contributed by atoms with E-state index in [1.807, 2.05) is 0 Å². The summed E-state index contributed by atoms with van der Waals surface area (Å²) in [5.41, 5.74) is 1.39. The molecule has 15 heavy (non-hydrogen) atoms. The van der Waals surface area contributed by atoms with E-state index >= 15 is 0 Å². The van der Waals surface area contributed by atoms with E-state index in [9.17, 15) is 0 Å². The third-order valence-corrected chi connectivity index (χ3v) is 4.53. The van der Waals surface area contributed by atoms with Crippen LogP contribution in [-0.2, 0) is 6.54 Å². The Kier molecular flexibility index (Phi) is 4.23. The molecule has 1 atom stereocenters. The van der Waals surface area contributed by atoms with Gasteiger partial charge in [0.25, 0.3) is 0 Å². The largest absolute Gasteiger partial charge is 0.295 e. The minimum Gasteiger partial charge on any atom is -0.295 e. The molecule has 1 aromatic carbocycles. The number of hydrogen-bond acceptors (Lipinski definition) is 1. The van der Waals surface area contributed by atoms with E-state index in [2.05, 4.69) is 61.0 Å². The maximum atomic E-state index is 3.61. The van der Waals surface area contributed by atoms with Crippen LogP contribution in [0.1, 0.15) is 18.4 Å². The van der Waals surface area contributed by atoms with E-state index in [0.29, 0.717) is 0 Å². The number of rotatable bonds is 3. The van der Waals surface area contributed by atoms with Gasteiger partial charge in [0.2, 0.25) is 0 Å². The summed E-state index contributed by atoms with van der Waals surface area (Å²) in [6.07, 6.45) is 2.66. The number of halogens is 2. The molecule has 0 aromatic heterocycles. The van der Waals surface area contributed by atoms with Crippen LogP contribution in [-0.4, -0.2) is 22.8 Å². The molecule has 0 radical (unpaired) electrons. The van der Waals surface area contributed by atoms with Crippen molar-refractivity contribution in [2.24, 2.45) is 0 Å². The zero-order chi connectivity index (χ0) is 10.7. The minimum atomic E-state index is 0.720. The molecule has 1 aromatic rings. The topological polar surface area (TPSA) is 3.24 Å². The summed E-state index contributed by atoms with van der Waals surface area (Å²) in [7, 11) is 0. The summed E-state index contributed by atoms with van der Waals surface area (Å²) in [5, 5.41) is 1.09. The summed E-state index contributed by atoms with van der Waals surface area (Å²) in [5.74, 6) is 0. The second-order valence-corrected chi connectivity index (χ2v) is 5.51. The van der Waals surface area contributed by atoms with E-state index in [1.54, 1.807) is 0 Å². The van der Waals surface area contributed by atoms with Crippen LogP contribution in [0.25, 0.3) is 0 Å². The fourth-order valence-electron chi connectivity index (χ4n) is 2.12. The fraction of sp³-hybridized carbons (Fsp3) is 0.500. The monoisotopic (exact) mass is 331 g/mol. The highest BCUT2D eigenvalue weighted by Crippen LogP contribution is 2.24. The smallest absolute Gasteiger partial charge is 0.0248 e. The quantitative estimate of drug-likeness (QED) is 0.761. The predicted octanol–water partition coefficient (Wildman–Crippen LogP) is 3.81. The van der Waals surface area contributed by atoms with Crippen LogP contribution in [0.5, 0.6) is 0 Å². The molecule has 1 nitrogen and oxygen atoms in total. The lowest BCUT2D eigenvalue weighted by Crippen LogP contribution is -2.30. The van der Waals surface area contributed by atoms with Gasteiger partial charge in [0.1, 0.15) is 0 Å². The Morgan fingerprint density at radius 2 is 2.13 bits per heavy atom. The lowest BCUT2D eigenvalue weighted by molar-refractivity contribution is 0.264. The van der Waals surface area contributed by atoms with Crippen LogP contribution in [0, 0.1) is 0 Å². The van der Waals surface area contributed by atoms with Gasteiger partial charge in [-0.05, 0) is 31.0 Å². The van der Waals surface area contributed by atoms with Crippen LogP contribution >= 0.6 is 31.9 Å². The van der Waals surface area contributed by atoms with Crippen molar-refractivity contribution in [1.29, 1.82) is 0 Å². The first kappa shape index (κ1) is 11.6. The zero-order valence-corrected chi connectivity index (χ0v) is 11.8. The molecule has 0 saturated carbocycles. The Morgan fingerprint density at radius 3 is 2.87 bits per heavy atom. The van der Waals surface area contributed by atoms with Gasteiger partial charge in [-0.15, -0.1) is 0 Å². The van der Waals surface area contributed by atoms with Gasteiger partial charge in [0.05, 0.1) is 0 Å². The molecule has 1 saturated heterocycles. The predicted molar refractivity (Wildman–Crippen MR) is 71.4 cm³/mol. The molecule has 1 heterocycles. The average molecular weight is 333 g/mol. The van der Waals surface area contributed by atoms with E-state index < -0.39 is 0 Å². The summed E-state index contributed by atoms with van der Waals surface area (Å²) in [6, 6.07) is 9.22. The SMILES string of the molecule is BrCC1CCCN1Cc1ccccc1Br. The van der Waals surface area contributed by atoms with Crippen molar-refractivity contribution in [3.05, 3.63) is 34.3 Å². The van der Waals surface area contributed by atoms with Gasteiger partial charge in [-0.1, -0.05) is 50.1 Å². The van der Waals surface area contributed by atoms with Crippen LogP contribution in [0.4, 0.5) is 0 Å². The second-order valence-electron chi connectivity index (χ2n) is 4.01. The first-order chi connectivity index (χ1) is 7.31.